The van der Waals surface area contributed by atoms with Crippen LogP contribution in [0.4, 0.5) is 0 Å². The molecule has 1 heterocycles. The lowest BCUT2D eigenvalue weighted by Crippen LogP contribution is -2.13. The molecule has 1 fully saturated rings. The molecule has 1 aromatic carbocycles. The van der Waals surface area contributed by atoms with Crippen molar-refractivity contribution in [2.24, 2.45) is 0 Å². The van der Waals surface area contributed by atoms with Gasteiger partial charge in [-0.2, -0.15) is 0 Å². The number of nitrogens with one attached hydrogen (secondary N) is 1. The van der Waals surface area contributed by atoms with E-state index in [4.69, 9.17) is 23.2 Å². The summed E-state index contributed by atoms with van der Waals surface area (Å²) < 4.78 is 0. The molecule has 2 nitrogen and oxygen atoms in total. The van der Waals surface area contributed by atoms with Crippen LogP contribution in [0, 0.1) is 0 Å². The van der Waals surface area contributed by atoms with E-state index < -0.39 is 0 Å². The highest BCUT2D eigenvalue weighted by Gasteiger charge is 2.22. The van der Waals surface area contributed by atoms with E-state index in [2.05, 4.69) is 5.32 Å². The zero-order valence-corrected chi connectivity index (χ0v) is 10.3. The molecule has 1 aliphatic heterocycles. The van der Waals surface area contributed by atoms with Crippen molar-refractivity contribution in [3.63, 3.8) is 0 Å². The quantitative estimate of drug-likeness (QED) is 0.838. The Labute approximate surface area is 105 Å². The van der Waals surface area contributed by atoms with Crippen LogP contribution < -0.4 is 5.32 Å². The Bertz CT molecular complexity index is 386. The first-order valence-corrected chi connectivity index (χ1v) is 6.12. The van der Waals surface area contributed by atoms with E-state index in [1.165, 1.54) is 0 Å². The first-order valence-electron chi connectivity index (χ1n) is 5.36. The van der Waals surface area contributed by atoms with Crippen LogP contribution in [0.25, 0.3) is 0 Å². The average Bonchev–Trinajstić information content (AvgIpc) is 2.41. The molecule has 0 bridgehead atoms. The number of Topliss-reactive ketones (excluding diaryl/α,β-unsaturated/α-hetero) is 1. The van der Waals surface area contributed by atoms with Gasteiger partial charge in [0.15, 0.2) is 0 Å². The fraction of sp³-hybridized carbons (Fsp3) is 0.417. The van der Waals surface area contributed by atoms with E-state index in [9.17, 15) is 4.79 Å². The summed E-state index contributed by atoms with van der Waals surface area (Å²) in [6, 6.07) is 5.36. The van der Waals surface area contributed by atoms with E-state index in [1.54, 1.807) is 6.07 Å². The van der Waals surface area contributed by atoms with Gasteiger partial charge in [-0.25, -0.2) is 0 Å². The molecule has 0 spiro atoms. The van der Waals surface area contributed by atoms with Gasteiger partial charge in [-0.1, -0.05) is 23.2 Å². The van der Waals surface area contributed by atoms with Crippen molar-refractivity contribution in [2.45, 2.75) is 18.8 Å². The lowest BCUT2D eigenvalue weighted by Gasteiger charge is -2.13. The SMILES string of the molecule is O=C1CCNCCC1c1cc(Cl)cc(Cl)c1. The third-order valence-electron chi connectivity index (χ3n) is 2.83. The summed E-state index contributed by atoms with van der Waals surface area (Å²) in [6.07, 6.45) is 1.39. The van der Waals surface area contributed by atoms with Crippen LogP contribution >= 0.6 is 23.2 Å². The fourth-order valence-electron chi connectivity index (χ4n) is 2.05. The van der Waals surface area contributed by atoms with Crippen molar-refractivity contribution in [1.82, 2.24) is 5.32 Å². The predicted molar refractivity (Wildman–Crippen MR) is 66.3 cm³/mol. The smallest absolute Gasteiger partial charge is 0.141 e. The molecule has 0 aliphatic carbocycles. The highest BCUT2D eigenvalue weighted by molar-refractivity contribution is 6.34. The highest BCUT2D eigenvalue weighted by atomic mass is 35.5. The van der Waals surface area contributed by atoms with Crippen LogP contribution in [-0.2, 0) is 4.79 Å². The normalized spacial score (nSPS) is 21.9. The van der Waals surface area contributed by atoms with Crippen molar-refractivity contribution in [3.05, 3.63) is 33.8 Å². The average molecular weight is 258 g/mol. The van der Waals surface area contributed by atoms with Gasteiger partial charge in [-0.3, -0.25) is 4.79 Å². The maximum atomic E-state index is 11.9. The van der Waals surface area contributed by atoms with E-state index in [-0.39, 0.29) is 11.7 Å². The summed E-state index contributed by atoms with van der Waals surface area (Å²) in [5, 5.41) is 4.40. The molecular formula is C12H13Cl2NO. The molecule has 86 valence electrons. The van der Waals surface area contributed by atoms with Crippen molar-refractivity contribution in [1.29, 1.82) is 0 Å². The number of halogens is 2. The Morgan fingerprint density at radius 3 is 2.50 bits per heavy atom. The molecule has 1 atom stereocenters. The van der Waals surface area contributed by atoms with Gasteiger partial charge >= 0.3 is 0 Å². The summed E-state index contributed by atoms with van der Waals surface area (Å²) in [4.78, 5) is 11.9. The maximum absolute atomic E-state index is 11.9. The van der Waals surface area contributed by atoms with E-state index in [1.807, 2.05) is 12.1 Å². The number of ketones is 1. The Kier molecular flexibility index (Phi) is 3.85. The minimum absolute atomic E-state index is 0.0637. The molecule has 4 heteroatoms. The molecule has 0 amide bonds. The molecule has 0 aromatic heterocycles. The summed E-state index contributed by atoms with van der Waals surface area (Å²) in [6.45, 7) is 1.63. The largest absolute Gasteiger partial charge is 0.316 e. The molecular weight excluding hydrogens is 245 g/mol. The van der Waals surface area contributed by atoms with Gasteiger partial charge in [0, 0.05) is 28.9 Å². The van der Waals surface area contributed by atoms with Crippen LogP contribution in [-0.4, -0.2) is 18.9 Å². The van der Waals surface area contributed by atoms with Crippen molar-refractivity contribution in [3.8, 4) is 0 Å². The first-order chi connectivity index (χ1) is 7.66. The highest BCUT2D eigenvalue weighted by Crippen LogP contribution is 2.28. The van der Waals surface area contributed by atoms with E-state index >= 15 is 0 Å². The fourth-order valence-corrected chi connectivity index (χ4v) is 2.59. The maximum Gasteiger partial charge on any atom is 0.141 e. The molecule has 16 heavy (non-hydrogen) atoms. The minimum Gasteiger partial charge on any atom is -0.316 e. The van der Waals surface area contributed by atoms with Crippen LogP contribution in [0.3, 0.4) is 0 Å². The Morgan fingerprint density at radius 2 is 1.81 bits per heavy atom. The molecule has 1 N–H and O–H groups in total. The Morgan fingerprint density at radius 1 is 1.12 bits per heavy atom. The van der Waals surface area contributed by atoms with Gasteiger partial charge < -0.3 is 5.32 Å². The number of rotatable bonds is 1. The van der Waals surface area contributed by atoms with Gasteiger partial charge in [0.25, 0.3) is 0 Å². The summed E-state index contributed by atoms with van der Waals surface area (Å²) >= 11 is 11.9. The first kappa shape index (κ1) is 11.9. The van der Waals surface area contributed by atoms with E-state index in [0.717, 1.165) is 25.1 Å². The third kappa shape index (κ3) is 2.76. The monoisotopic (exact) mass is 257 g/mol. The van der Waals surface area contributed by atoms with Gasteiger partial charge in [-0.05, 0) is 36.7 Å². The van der Waals surface area contributed by atoms with Crippen molar-refractivity contribution >= 4 is 29.0 Å². The van der Waals surface area contributed by atoms with Crippen LogP contribution in [0.2, 0.25) is 10.0 Å². The van der Waals surface area contributed by atoms with Crippen molar-refractivity contribution < 1.29 is 4.79 Å². The van der Waals surface area contributed by atoms with Gasteiger partial charge in [0.2, 0.25) is 0 Å². The number of hydrogen-bond donors (Lipinski definition) is 1. The molecule has 1 aliphatic rings. The standard InChI is InChI=1S/C12H13Cl2NO/c13-9-5-8(6-10(14)7-9)11-1-3-15-4-2-12(11)16/h5-7,11,15H,1-4H2. The summed E-state index contributed by atoms with van der Waals surface area (Å²) in [7, 11) is 0. The number of benzene rings is 1. The number of hydrogen-bond acceptors (Lipinski definition) is 2. The number of carbonyl (C=O) groups is 1. The lowest BCUT2D eigenvalue weighted by molar-refractivity contribution is -0.120. The molecule has 2 rings (SSSR count). The zero-order chi connectivity index (χ0) is 11.5. The second-order valence-electron chi connectivity index (χ2n) is 4.01. The van der Waals surface area contributed by atoms with E-state index in [0.29, 0.717) is 16.5 Å². The lowest BCUT2D eigenvalue weighted by atomic mass is 9.91. The minimum atomic E-state index is -0.0637. The third-order valence-corrected chi connectivity index (χ3v) is 3.27. The summed E-state index contributed by atoms with van der Waals surface area (Å²) in [5.74, 6) is 0.203. The Hall–Kier alpha value is -0.570. The molecule has 0 radical (unpaired) electrons. The van der Waals surface area contributed by atoms with Gasteiger partial charge in [-0.15, -0.1) is 0 Å². The zero-order valence-electron chi connectivity index (χ0n) is 8.80. The van der Waals surface area contributed by atoms with Crippen molar-refractivity contribution in [2.75, 3.05) is 13.1 Å². The number of carbonyl (C=O) groups excluding carboxylic acids is 1. The molecule has 1 aromatic rings. The second kappa shape index (κ2) is 5.17. The summed E-state index contributed by atoms with van der Waals surface area (Å²) in [5.41, 5.74) is 0.936. The molecule has 1 unspecified atom stereocenters. The topological polar surface area (TPSA) is 29.1 Å². The second-order valence-corrected chi connectivity index (χ2v) is 4.88. The molecule has 1 saturated heterocycles. The molecule has 0 saturated carbocycles. The van der Waals surface area contributed by atoms with Gasteiger partial charge in [0.1, 0.15) is 5.78 Å². The Balaban J connectivity index is 2.30. The van der Waals surface area contributed by atoms with Gasteiger partial charge in [0.05, 0.1) is 0 Å². The van der Waals surface area contributed by atoms with Crippen LogP contribution in [0.1, 0.15) is 24.3 Å². The predicted octanol–water partition coefficient (Wildman–Crippen LogP) is 3.03. The van der Waals surface area contributed by atoms with Crippen LogP contribution in [0.15, 0.2) is 18.2 Å². The van der Waals surface area contributed by atoms with Crippen LogP contribution in [0.5, 0.6) is 0 Å².